The summed E-state index contributed by atoms with van der Waals surface area (Å²) in [5.41, 5.74) is 0.252. The van der Waals surface area contributed by atoms with Gasteiger partial charge in [0.25, 0.3) is 0 Å². The number of thioether (sulfide) groups is 1. The molecule has 2 nitrogen and oxygen atoms in total. The lowest BCUT2D eigenvalue weighted by atomic mass is 9.75. The zero-order chi connectivity index (χ0) is 13.1. The van der Waals surface area contributed by atoms with E-state index in [1.807, 2.05) is 0 Å². The fourth-order valence-electron chi connectivity index (χ4n) is 4.64. The molecule has 19 heavy (non-hydrogen) atoms. The average molecular weight is 283 g/mol. The maximum absolute atomic E-state index is 6.25. The molecule has 2 saturated heterocycles. The molecular formula is C16H29NOS. The highest BCUT2D eigenvalue weighted by Crippen LogP contribution is 2.43. The van der Waals surface area contributed by atoms with Crippen molar-refractivity contribution in [3.63, 3.8) is 0 Å². The Kier molecular flexibility index (Phi) is 4.76. The first-order valence-electron chi connectivity index (χ1n) is 8.22. The number of hydrogen-bond acceptors (Lipinski definition) is 3. The number of ether oxygens (including phenoxy) is 1. The van der Waals surface area contributed by atoms with Crippen molar-refractivity contribution < 1.29 is 4.74 Å². The number of rotatable bonds is 3. The highest BCUT2D eigenvalue weighted by atomic mass is 32.2. The molecule has 0 aromatic rings. The Hall–Kier alpha value is 0.270. The second-order valence-electron chi connectivity index (χ2n) is 6.76. The van der Waals surface area contributed by atoms with Crippen LogP contribution in [-0.2, 0) is 4.74 Å². The second-order valence-corrected chi connectivity index (χ2v) is 7.98. The topological polar surface area (TPSA) is 21.3 Å². The van der Waals surface area contributed by atoms with Gasteiger partial charge in [-0.1, -0.05) is 12.8 Å². The summed E-state index contributed by atoms with van der Waals surface area (Å²) in [5.74, 6) is 4.40. The van der Waals surface area contributed by atoms with E-state index in [0.717, 1.165) is 24.5 Å². The molecule has 0 aromatic heterocycles. The summed E-state index contributed by atoms with van der Waals surface area (Å²) >= 11 is 2.11. The van der Waals surface area contributed by atoms with E-state index in [4.69, 9.17) is 4.74 Å². The van der Waals surface area contributed by atoms with Crippen molar-refractivity contribution in [3.8, 4) is 0 Å². The van der Waals surface area contributed by atoms with Gasteiger partial charge in [0.2, 0.25) is 0 Å². The molecule has 2 atom stereocenters. The van der Waals surface area contributed by atoms with Crippen LogP contribution >= 0.6 is 11.8 Å². The van der Waals surface area contributed by atoms with Gasteiger partial charge in [0, 0.05) is 12.6 Å². The van der Waals surface area contributed by atoms with Crippen LogP contribution in [-0.4, -0.2) is 36.8 Å². The quantitative estimate of drug-likeness (QED) is 0.857. The smallest absolute Gasteiger partial charge is 0.0701 e. The van der Waals surface area contributed by atoms with Crippen molar-refractivity contribution >= 4 is 11.8 Å². The Morgan fingerprint density at radius 2 is 1.84 bits per heavy atom. The summed E-state index contributed by atoms with van der Waals surface area (Å²) in [4.78, 5) is 0. The Bertz CT molecular complexity index is 279. The summed E-state index contributed by atoms with van der Waals surface area (Å²) in [6.45, 7) is 1.00. The molecule has 2 unspecified atom stereocenters. The molecular weight excluding hydrogens is 254 g/mol. The lowest BCUT2D eigenvalue weighted by Crippen LogP contribution is -2.49. The van der Waals surface area contributed by atoms with Gasteiger partial charge >= 0.3 is 0 Å². The molecule has 1 N–H and O–H groups in total. The van der Waals surface area contributed by atoms with E-state index < -0.39 is 0 Å². The van der Waals surface area contributed by atoms with E-state index >= 15 is 0 Å². The average Bonchev–Trinajstić information content (AvgIpc) is 2.95. The summed E-state index contributed by atoms with van der Waals surface area (Å²) < 4.78 is 6.25. The first-order chi connectivity index (χ1) is 9.33. The van der Waals surface area contributed by atoms with E-state index in [2.05, 4.69) is 24.1 Å². The van der Waals surface area contributed by atoms with Crippen LogP contribution in [0.5, 0.6) is 0 Å². The minimum atomic E-state index is 0.252. The molecule has 3 heteroatoms. The maximum Gasteiger partial charge on any atom is 0.0701 e. The predicted octanol–water partition coefficient (Wildman–Crippen LogP) is 3.46. The first kappa shape index (κ1) is 14.2. The largest absolute Gasteiger partial charge is 0.375 e. The molecule has 1 saturated carbocycles. The Labute approximate surface area is 122 Å². The number of nitrogens with one attached hydrogen (secondary N) is 1. The van der Waals surface area contributed by atoms with Gasteiger partial charge in [-0.15, -0.1) is 0 Å². The van der Waals surface area contributed by atoms with E-state index in [1.54, 1.807) is 0 Å². The van der Waals surface area contributed by atoms with Gasteiger partial charge < -0.3 is 10.1 Å². The zero-order valence-corrected chi connectivity index (χ0v) is 13.1. The van der Waals surface area contributed by atoms with Crippen LogP contribution in [0, 0.1) is 11.8 Å². The van der Waals surface area contributed by atoms with Crippen molar-refractivity contribution in [2.75, 3.05) is 25.2 Å². The predicted molar refractivity (Wildman–Crippen MR) is 82.8 cm³/mol. The molecule has 2 heterocycles. The van der Waals surface area contributed by atoms with Crippen molar-refractivity contribution in [2.24, 2.45) is 11.8 Å². The number of hydrogen-bond donors (Lipinski definition) is 1. The van der Waals surface area contributed by atoms with E-state index in [0.29, 0.717) is 0 Å². The zero-order valence-electron chi connectivity index (χ0n) is 12.3. The molecule has 0 aromatic carbocycles. The third kappa shape index (κ3) is 3.14. The monoisotopic (exact) mass is 283 g/mol. The van der Waals surface area contributed by atoms with Crippen molar-refractivity contribution in [1.29, 1.82) is 0 Å². The Morgan fingerprint density at radius 1 is 1.11 bits per heavy atom. The molecule has 3 rings (SSSR count). The maximum atomic E-state index is 6.25. The minimum absolute atomic E-state index is 0.252. The van der Waals surface area contributed by atoms with Crippen molar-refractivity contribution in [3.05, 3.63) is 0 Å². The fourth-order valence-corrected chi connectivity index (χ4v) is 5.87. The molecule has 0 amide bonds. The van der Waals surface area contributed by atoms with E-state index in [1.165, 1.54) is 62.9 Å². The molecule has 1 aliphatic carbocycles. The molecule has 3 fully saturated rings. The SMILES string of the molecule is CNC(C1CCCC1)C1CCOC2(CCSCC2)C1. The van der Waals surface area contributed by atoms with Gasteiger partial charge in [0.05, 0.1) is 5.60 Å². The lowest BCUT2D eigenvalue weighted by Gasteiger charge is -2.46. The van der Waals surface area contributed by atoms with Crippen LogP contribution in [0.25, 0.3) is 0 Å². The molecule has 3 aliphatic rings. The van der Waals surface area contributed by atoms with Gasteiger partial charge in [-0.25, -0.2) is 0 Å². The first-order valence-corrected chi connectivity index (χ1v) is 9.37. The van der Waals surface area contributed by atoms with Crippen molar-refractivity contribution in [1.82, 2.24) is 5.32 Å². The minimum Gasteiger partial charge on any atom is -0.375 e. The van der Waals surface area contributed by atoms with Crippen molar-refractivity contribution in [2.45, 2.75) is 63.0 Å². The van der Waals surface area contributed by atoms with E-state index in [9.17, 15) is 0 Å². The van der Waals surface area contributed by atoms with Crippen LogP contribution in [0.3, 0.4) is 0 Å². The second kappa shape index (κ2) is 6.36. The third-order valence-electron chi connectivity index (χ3n) is 5.68. The summed E-state index contributed by atoms with van der Waals surface area (Å²) in [5, 5.41) is 3.67. The fraction of sp³-hybridized carbons (Fsp3) is 1.00. The Morgan fingerprint density at radius 3 is 2.53 bits per heavy atom. The van der Waals surface area contributed by atoms with Gasteiger partial charge in [0.1, 0.15) is 0 Å². The molecule has 2 aliphatic heterocycles. The third-order valence-corrected chi connectivity index (χ3v) is 6.67. The lowest BCUT2D eigenvalue weighted by molar-refractivity contribution is -0.109. The normalized spacial score (nSPS) is 33.6. The van der Waals surface area contributed by atoms with Gasteiger partial charge in [-0.3, -0.25) is 0 Å². The highest BCUT2D eigenvalue weighted by Gasteiger charge is 2.42. The van der Waals surface area contributed by atoms with Crippen LogP contribution < -0.4 is 5.32 Å². The summed E-state index contributed by atoms with van der Waals surface area (Å²) in [6, 6.07) is 0.748. The van der Waals surface area contributed by atoms with E-state index in [-0.39, 0.29) is 5.60 Å². The standard InChI is InChI=1S/C16H29NOS/c1-17-15(13-4-2-3-5-13)14-6-9-18-16(12-14)7-10-19-11-8-16/h13-15,17H,2-12H2,1H3. The van der Waals surface area contributed by atoms with Crippen LogP contribution in [0.15, 0.2) is 0 Å². The Balaban J connectivity index is 1.65. The molecule has 0 radical (unpaired) electrons. The molecule has 110 valence electrons. The van der Waals surface area contributed by atoms with Gasteiger partial charge in [-0.2, -0.15) is 11.8 Å². The van der Waals surface area contributed by atoms with Gasteiger partial charge in [0.15, 0.2) is 0 Å². The molecule has 1 spiro atoms. The molecule has 0 bridgehead atoms. The summed E-state index contributed by atoms with van der Waals surface area (Å²) in [7, 11) is 2.18. The van der Waals surface area contributed by atoms with Crippen LogP contribution in [0.2, 0.25) is 0 Å². The van der Waals surface area contributed by atoms with Crippen LogP contribution in [0.4, 0.5) is 0 Å². The van der Waals surface area contributed by atoms with Crippen LogP contribution in [0.1, 0.15) is 51.4 Å². The summed E-state index contributed by atoms with van der Waals surface area (Å²) in [6.07, 6.45) is 11.0. The highest BCUT2D eigenvalue weighted by molar-refractivity contribution is 7.99. The van der Waals surface area contributed by atoms with Gasteiger partial charge in [-0.05, 0) is 68.9 Å².